The van der Waals surface area contributed by atoms with Crippen LogP contribution in [0, 0.1) is 6.92 Å². The molecule has 0 aliphatic carbocycles. The Morgan fingerprint density at radius 3 is 2.18 bits per heavy atom. The zero-order valence-electron chi connectivity index (χ0n) is 8.69. The summed E-state index contributed by atoms with van der Waals surface area (Å²) in [5.74, 6) is -0.203. The third-order valence-corrected chi connectivity index (χ3v) is 1.97. The highest BCUT2D eigenvalue weighted by Crippen LogP contribution is 2.22. The molecule has 0 N–H and O–H groups in total. The Kier molecular flexibility index (Phi) is 3.64. The quantitative estimate of drug-likeness (QED) is 0.597. The minimum absolute atomic E-state index is 0.0194. The number of ether oxygens (including phenoxy) is 1. The van der Waals surface area contributed by atoms with Crippen molar-refractivity contribution in [3.8, 4) is 5.75 Å². The molecule has 0 unspecified atom stereocenters. The normalized spacial score (nSPS) is 12.6. The van der Waals surface area contributed by atoms with Gasteiger partial charge in [0.05, 0.1) is 0 Å². The zero-order chi connectivity index (χ0) is 13.3. The van der Waals surface area contributed by atoms with E-state index < -0.39 is 25.2 Å². The van der Waals surface area contributed by atoms with Crippen LogP contribution in [0.1, 0.15) is 5.56 Å². The van der Waals surface area contributed by atoms with Gasteiger partial charge in [-0.3, -0.25) is 0 Å². The van der Waals surface area contributed by atoms with E-state index >= 15 is 0 Å². The van der Waals surface area contributed by atoms with Crippen molar-refractivity contribution in [2.75, 3.05) is 6.61 Å². The van der Waals surface area contributed by atoms with E-state index in [0.29, 0.717) is 6.07 Å². The lowest BCUT2D eigenvalue weighted by Gasteiger charge is -2.17. The van der Waals surface area contributed by atoms with Crippen molar-refractivity contribution >= 4 is 12.4 Å². The number of hydrogen-bond acceptors (Lipinski definition) is 1. The van der Waals surface area contributed by atoms with E-state index in [0.717, 1.165) is 12.1 Å². The highest BCUT2D eigenvalue weighted by Gasteiger charge is 2.29. The predicted molar refractivity (Wildman–Crippen MR) is 51.4 cm³/mol. The monoisotopic (exact) mass is 257 g/mol. The van der Waals surface area contributed by atoms with Crippen molar-refractivity contribution in [2.24, 2.45) is 0 Å². The number of aryl methyl sites for hydroxylation is 1. The van der Waals surface area contributed by atoms with E-state index in [9.17, 15) is 26.1 Å². The zero-order valence-corrected chi connectivity index (χ0v) is 8.69. The van der Waals surface area contributed by atoms with Gasteiger partial charge in [-0.25, -0.2) is 0 Å². The third-order valence-electron chi connectivity index (χ3n) is 1.97. The van der Waals surface area contributed by atoms with E-state index in [-0.39, 0.29) is 11.3 Å². The standard InChI is InChI=1S/C9H8BF6O/c1-6-4-7(10(14,15)16)2-3-8(6)17-5-9(11,12)13/h2-4H,5H2,1H3/q-1. The van der Waals surface area contributed by atoms with Gasteiger partial charge in [-0.1, -0.05) is 12.1 Å². The Morgan fingerprint density at radius 2 is 1.76 bits per heavy atom. The van der Waals surface area contributed by atoms with Crippen LogP contribution in [0.25, 0.3) is 0 Å². The van der Waals surface area contributed by atoms with Gasteiger partial charge in [0, 0.05) is 0 Å². The van der Waals surface area contributed by atoms with Gasteiger partial charge in [0.2, 0.25) is 0 Å². The number of alkyl halides is 3. The molecule has 1 nitrogen and oxygen atoms in total. The topological polar surface area (TPSA) is 9.23 Å². The lowest BCUT2D eigenvalue weighted by molar-refractivity contribution is -0.153. The van der Waals surface area contributed by atoms with Crippen LogP contribution in [0.3, 0.4) is 0 Å². The van der Waals surface area contributed by atoms with Crippen LogP contribution in [-0.4, -0.2) is 19.8 Å². The van der Waals surface area contributed by atoms with E-state index in [4.69, 9.17) is 0 Å². The van der Waals surface area contributed by atoms with Gasteiger partial charge in [-0.2, -0.15) is 13.2 Å². The molecule has 0 spiro atoms. The van der Waals surface area contributed by atoms with Gasteiger partial charge < -0.3 is 17.7 Å². The molecule has 1 rings (SSSR count). The Bertz CT molecular complexity index is 397. The number of benzene rings is 1. The molecule has 0 amide bonds. The summed E-state index contributed by atoms with van der Waals surface area (Å²) in [7, 11) is 0. The first kappa shape index (κ1) is 13.7. The lowest BCUT2D eigenvalue weighted by Crippen LogP contribution is -2.34. The maximum absolute atomic E-state index is 12.3. The minimum atomic E-state index is -5.15. The molecule has 8 heteroatoms. The molecule has 0 aromatic heterocycles. The largest absolute Gasteiger partial charge is 0.509 e. The first-order valence-electron chi connectivity index (χ1n) is 4.59. The minimum Gasteiger partial charge on any atom is -0.484 e. The fourth-order valence-corrected chi connectivity index (χ4v) is 1.20. The second-order valence-electron chi connectivity index (χ2n) is 3.50. The van der Waals surface area contributed by atoms with Crippen LogP contribution in [0.5, 0.6) is 5.75 Å². The van der Waals surface area contributed by atoms with Gasteiger partial charge in [-0.15, -0.1) is 5.46 Å². The SMILES string of the molecule is Cc1cc([B-](F)(F)F)ccc1OCC(F)(F)F. The molecule has 0 saturated heterocycles. The Hall–Kier alpha value is -1.34. The Morgan fingerprint density at radius 1 is 1.18 bits per heavy atom. The van der Waals surface area contributed by atoms with Gasteiger partial charge >= 0.3 is 13.2 Å². The lowest BCUT2D eigenvalue weighted by atomic mass is 9.79. The van der Waals surface area contributed by atoms with Gasteiger partial charge in [0.1, 0.15) is 5.75 Å². The van der Waals surface area contributed by atoms with Crippen LogP contribution < -0.4 is 10.2 Å². The van der Waals surface area contributed by atoms with Crippen LogP contribution in [0.4, 0.5) is 26.1 Å². The number of halogens is 6. The molecule has 0 saturated carbocycles. The van der Waals surface area contributed by atoms with Gasteiger partial charge in [0.25, 0.3) is 0 Å². The second-order valence-corrected chi connectivity index (χ2v) is 3.50. The molecule has 0 fully saturated rings. The molecule has 0 heterocycles. The van der Waals surface area contributed by atoms with Crippen LogP contribution in [0.2, 0.25) is 0 Å². The second kappa shape index (κ2) is 4.50. The summed E-state index contributed by atoms with van der Waals surface area (Å²) in [5.41, 5.74) is -0.840. The van der Waals surface area contributed by atoms with Crippen molar-refractivity contribution in [3.63, 3.8) is 0 Å². The maximum Gasteiger partial charge on any atom is 0.509 e. The summed E-state index contributed by atoms with van der Waals surface area (Å²) < 4.78 is 76.9. The van der Waals surface area contributed by atoms with Crippen molar-refractivity contribution in [1.29, 1.82) is 0 Å². The molecular weight excluding hydrogens is 249 g/mol. The molecule has 17 heavy (non-hydrogen) atoms. The molecule has 1 aromatic carbocycles. The van der Waals surface area contributed by atoms with E-state index in [1.807, 2.05) is 0 Å². The fraction of sp³-hybridized carbons (Fsp3) is 0.333. The average Bonchev–Trinajstić information content (AvgIpc) is 2.12. The summed E-state index contributed by atoms with van der Waals surface area (Å²) in [6, 6.07) is 2.37. The van der Waals surface area contributed by atoms with Crippen molar-refractivity contribution in [2.45, 2.75) is 13.1 Å². The summed E-state index contributed by atoms with van der Waals surface area (Å²) >= 11 is 0. The number of rotatable bonds is 3. The highest BCUT2D eigenvalue weighted by molar-refractivity contribution is 6.73. The molecule has 0 aliphatic heterocycles. The highest BCUT2D eigenvalue weighted by atomic mass is 19.4. The van der Waals surface area contributed by atoms with E-state index in [1.165, 1.54) is 6.92 Å². The maximum atomic E-state index is 12.3. The molecule has 0 bridgehead atoms. The molecular formula is C9H8BF6O-. The molecule has 1 aromatic rings. The van der Waals surface area contributed by atoms with E-state index in [1.54, 1.807) is 0 Å². The number of hydrogen-bond donors (Lipinski definition) is 0. The smallest absolute Gasteiger partial charge is 0.484 e. The molecule has 0 radical (unpaired) electrons. The Labute approximate surface area is 93.4 Å². The van der Waals surface area contributed by atoms with Crippen molar-refractivity contribution in [1.82, 2.24) is 0 Å². The molecule has 0 atom stereocenters. The van der Waals surface area contributed by atoms with Gasteiger partial charge in [-0.05, 0) is 18.6 Å². The van der Waals surface area contributed by atoms with E-state index in [2.05, 4.69) is 4.74 Å². The van der Waals surface area contributed by atoms with Crippen LogP contribution in [-0.2, 0) is 0 Å². The summed E-state index contributed by atoms with van der Waals surface area (Å²) in [5, 5.41) is 0. The average molecular weight is 257 g/mol. The van der Waals surface area contributed by atoms with Crippen molar-refractivity contribution in [3.05, 3.63) is 23.8 Å². The van der Waals surface area contributed by atoms with Crippen molar-refractivity contribution < 1.29 is 30.9 Å². The van der Waals surface area contributed by atoms with Crippen LogP contribution in [0.15, 0.2) is 18.2 Å². The first-order chi connectivity index (χ1) is 7.59. The van der Waals surface area contributed by atoms with Crippen LogP contribution >= 0.6 is 0 Å². The third kappa shape index (κ3) is 4.20. The summed E-state index contributed by atoms with van der Waals surface area (Å²) in [4.78, 5) is 0. The molecule has 0 aliphatic rings. The summed E-state index contributed by atoms with van der Waals surface area (Å²) in [6.45, 7) is -5.42. The Balaban J connectivity index is 2.84. The first-order valence-corrected chi connectivity index (χ1v) is 4.59. The fourth-order valence-electron chi connectivity index (χ4n) is 1.20. The molecule has 96 valence electrons. The summed E-state index contributed by atoms with van der Waals surface area (Å²) in [6.07, 6.45) is -4.51. The predicted octanol–water partition coefficient (Wildman–Crippen LogP) is 2.99. The van der Waals surface area contributed by atoms with Gasteiger partial charge in [0.15, 0.2) is 6.61 Å².